The van der Waals surface area contributed by atoms with Crippen LogP contribution in [0, 0.1) is 13.8 Å². The molecular formula is C15H20N4S2. The summed E-state index contributed by atoms with van der Waals surface area (Å²) >= 11 is 3.47. The van der Waals surface area contributed by atoms with Gasteiger partial charge in [0, 0.05) is 35.3 Å². The molecule has 4 nitrogen and oxygen atoms in total. The Kier molecular flexibility index (Phi) is 6.95. The molecule has 2 rings (SSSR count). The van der Waals surface area contributed by atoms with Crippen LogP contribution in [0.4, 0.5) is 0 Å². The molecule has 0 aromatic carbocycles. The standard InChI is InChI=1S/C15H20N4S2/c1-12-6-8-16-14(18-12)20-10-4-3-5-11-21-15-17-9-7-13(2)19-15/h6-9H,3-5,10-11H2,1-2H3. The second-order valence-electron chi connectivity index (χ2n) is 4.72. The van der Waals surface area contributed by atoms with Crippen molar-refractivity contribution in [3.8, 4) is 0 Å². The van der Waals surface area contributed by atoms with E-state index in [9.17, 15) is 0 Å². The monoisotopic (exact) mass is 320 g/mol. The summed E-state index contributed by atoms with van der Waals surface area (Å²) in [5, 5.41) is 1.77. The molecule has 0 spiro atoms. The smallest absolute Gasteiger partial charge is 0.187 e. The van der Waals surface area contributed by atoms with Gasteiger partial charge in [0.15, 0.2) is 10.3 Å². The largest absolute Gasteiger partial charge is 0.231 e. The predicted octanol–water partition coefficient (Wildman–Crippen LogP) is 3.94. The summed E-state index contributed by atoms with van der Waals surface area (Å²) in [4.78, 5) is 17.3. The van der Waals surface area contributed by atoms with E-state index in [0.29, 0.717) is 0 Å². The minimum atomic E-state index is 0.887. The van der Waals surface area contributed by atoms with Gasteiger partial charge in [0.2, 0.25) is 0 Å². The van der Waals surface area contributed by atoms with E-state index in [-0.39, 0.29) is 0 Å². The number of rotatable bonds is 8. The van der Waals surface area contributed by atoms with Crippen molar-refractivity contribution < 1.29 is 0 Å². The highest BCUT2D eigenvalue weighted by molar-refractivity contribution is 7.99. The summed E-state index contributed by atoms with van der Waals surface area (Å²) in [5.74, 6) is 2.16. The van der Waals surface area contributed by atoms with Crippen molar-refractivity contribution in [1.29, 1.82) is 0 Å². The van der Waals surface area contributed by atoms with Crippen LogP contribution < -0.4 is 0 Å². The molecule has 0 unspecified atom stereocenters. The van der Waals surface area contributed by atoms with Crippen molar-refractivity contribution in [2.45, 2.75) is 43.4 Å². The minimum absolute atomic E-state index is 0.887. The Morgan fingerprint density at radius 3 is 1.67 bits per heavy atom. The van der Waals surface area contributed by atoms with E-state index in [1.54, 1.807) is 23.5 Å². The highest BCUT2D eigenvalue weighted by Crippen LogP contribution is 2.17. The van der Waals surface area contributed by atoms with Crippen LogP contribution >= 0.6 is 23.5 Å². The molecule has 2 heterocycles. The molecule has 0 saturated carbocycles. The topological polar surface area (TPSA) is 51.6 Å². The predicted molar refractivity (Wildman–Crippen MR) is 88.8 cm³/mol. The van der Waals surface area contributed by atoms with Crippen molar-refractivity contribution in [2.75, 3.05) is 11.5 Å². The average molecular weight is 320 g/mol. The molecule has 112 valence electrons. The first kappa shape index (κ1) is 16.2. The van der Waals surface area contributed by atoms with Crippen LogP contribution in [0.3, 0.4) is 0 Å². The van der Waals surface area contributed by atoms with E-state index in [1.807, 2.05) is 38.4 Å². The SMILES string of the molecule is Cc1ccnc(SCCCCCSc2nccc(C)n2)n1. The number of nitrogens with zero attached hydrogens (tertiary/aromatic N) is 4. The van der Waals surface area contributed by atoms with Crippen LogP contribution in [-0.2, 0) is 0 Å². The van der Waals surface area contributed by atoms with Crippen LogP contribution in [0.15, 0.2) is 34.8 Å². The number of aryl methyl sites for hydroxylation is 2. The third-order valence-corrected chi connectivity index (χ3v) is 4.69. The summed E-state index contributed by atoms with van der Waals surface area (Å²) in [6, 6.07) is 3.85. The van der Waals surface area contributed by atoms with Crippen LogP contribution in [0.2, 0.25) is 0 Å². The van der Waals surface area contributed by atoms with E-state index in [1.165, 1.54) is 19.3 Å². The fraction of sp³-hybridized carbons (Fsp3) is 0.467. The minimum Gasteiger partial charge on any atom is -0.231 e. The molecule has 6 heteroatoms. The molecule has 2 aromatic rings. The average Bonchev–Trinajstić information content (AvgIpc) is 2.46. The molecular weight excluding hydrogens is 300 g/mol. The fourth-order valence-corrected chi connectivity index (χ4v) is 3.45. The zero-order valence-electron chi connectivity index (χ0n) is 12.5. The third kappa shape index (κ3) is 6.44. The molecule has 0 N–H and O–H groups in total. The quantitative estimate of drug-likeness (QED) is 0.417. The molecule has 2 aromatic heterocycles. The summed E-state index contributed by atoms with van der Waals surface area (Å²) in [7, 11) is 0. The lowest BCUT2D eigenvalue weighted by atomic mass is 10.3. The molecule has 0 atom stereocenters. The molecule has 0 radical (unpaired) electrons. The van der Waals surface area contributed by atoms with Gasteiger partial charge in [0.05, 0.1) is 0 Å². The lowest BCUT2D eigenvalue weighted by molar-refractivity contribution is 0.781. The molecule has 0 fully saturated rings. The van der Waals surface area contributed by atoms with Crippen LogP contribution in [-0.4, -0.2) is 31.4 Å². The zero-order chi connectivity index (χ0) is 14.9. The maximum absolute atomic E-state index is 4.39. The number of thioether (sulfide) groups is 2. The summed E-state index contributed by atoms with van der Waals surface area (Å²) < 4.78 is 0. The third-order valence-electron chi connectivity index (χ3n) is 2.80. The molecule has 0 amide bonds. The van der Waals surface area contributed by atoms with Gasteiger partial charge in [-0.05, 0) is 38.8 Å². The summed E-state index contributed by atoms with van der Waals surface area (Å²) in [5.41, 5.74) is 2.06. The normalized spacial score (nSPS) is 10.8. The van der Waals surface area contributed by atoms with E-state index < -0.39 is 0 Å². The van der Waals surface area contributed by atoms with Gasteiger partial charge in [-0.1, -0.05) is 29.9 Å². The van der Waals surface area contributed by atoms with Crippen molar-refractivity contribution in [3.63, 3.8) is 0 Å². The first-order valence-electron chi connectivity index (χ1n) is 7.09. The Morgan fingerprint density at radius 1 is 0.762 bits per heavy atom. The summed E-state index contributed by atoms with van der Waals surface area (Å²) in [6.07, 6.45) is 7.25. The van der Waals surface area contributed by atoms with Crippen molar-refractivity contribution in [3.05, 3.63) is 35.9 Å². The van der Waals surface area contributed by atoms with Crippen molar-refractivity contribution in [2.24, 2.45) is 0 Å². The highest BCUT2D eigenvalue weighted by atomic mass is 32.2. The van der Waals surface area contributed by atoms with Crippen molar-refractivity contribution >= 4 is 23.5 Å². The van der Waals surface area contributed by atoms with Gasteiger partial charge in [-0.25, -0.2) is 19.9 Å². The lowest BCUT2D eigenvalue weighted by Gasteiger charge is -2.02. The van der Waals surface area contributed by atoms with Crippen LogP contribution in [0.5, 0.6) is 0 Å². The van der Waals surface area contributed by atoms with E-state index in [0.717, 1.165) is 33.2 Å². The zero-order valence-corrected chi connectivity index (χ0v) is 14.1. The highest BCUT2D eigenvalue weighted by Gasteiger charge is 2.00. The van der Waals surface area contributed by atoms with Gasteiger partial charge in [-0.15, -0.1) is 0 Å². The lowest BCUT2D eigenvalue weighted by Crippen LogP contribution is -1.91. The van der Waals surface area contributed by atoms with E-state index >= 15 is 0 Å². The van der Waals surface area contributed by atoms with Gasteiger partial charge in [0.25, 0.3) is 0 Å². The second kappa shape index (κ2) is 9.00. The summed E-state index contributed by atoms with van der Waals surface area (Å²) in [6.45, 7) is 3.99. The Balaban J connectivity index is 1.54. The van der Waals surface area contributed by atoms with Gasteiger partial charge < -0.3 is 0 Å². The Labute approximate surface area is 134 Å². The van der Waals surface area contributed by atoms with Gasteiger partial charge in [0.1, 0.15) is 0 Å². The Morgan fingerprint density at radius 2 is 1.24 bits per heavy atom. The van der Waals surface area contributed by atoms with Crippen molar-refractivity contribution in [1.82, 2.24) is 19.9 Å². The Bertz CT molecular complexity index is 513. The maximum atomic E-state index is 4.39. The molecule has 21 heavy (non-hydrogen) atoms. The molecule has 0 aliphatic heterocycles. The Hall–Kier alpha value is -1.14. The second-order valence-corrected chi connectivity index (χ2v) is 6.84. The van der Waals surface area contributed by atoms with E-state index in [4.69, 9.17) is 0 Å². The van der Waals surface area contributed by atoms with Crippen LogP contribution in [0.25, 0.3) is 0 Å². The number of aromatic nitrogens is 4. The molecule has 0 aliphatic carbocycles. The maximum Gasteiger partial charge on any atom is 0.187 e. The fourth-order valence-electron chi connectivity index (χ4n) is 1.70. The number of hydrogen-bond donors (Lipinski definition) is 0. The van der Waals surface area contributed by atoms with Gasteiger partial charge in [-0.3, -0.25) is 0 Å². The van der Waals surface area contributed by atoms with Gasteiger partial charge >= 0.3 is 0 Å². The first-order valence-corrected chi connectivity index (χ1v) is 9.06. The first-order chi connectivity index (χ1) is 10.2. The number of hydrogen-bond acceptors (Lipinski definition) is 6. The molecule has 0 saturated heterocycles. The van der Waals surface area contributed by atoms with Crippen LogP contribution in [0.1, 0.15) is 30.7 Å². The van der Waals surface area contributed by atoms with E-state index in [2.05, 4.69) is 19.9 Å². The van der Waals surface area contributed by atoms with Gasteiger partial charge in [-0.2, -0.15) is 0 Å². The molecule has 0 bridgehead atoms. The number of unbranched alkanes of at least 4 members (excludes halogenated alkanes) is 2. The molecule has 0 aliphatic rings.